The lowest BCUT2D eigenvalue weighted by Gasteiger charge is -2.13. The molecule has 1 aliphatic rings. The van der Waals surface area contributed by atoms with Crippen LogP contribution in [-0.4, -0.2) is 40.8 Å². The van der Waals surface area contributed by atoms with Crippen LogP contribution >= 0.6 is 11.8 Å². The van der Waals surface area contributed by atoms with Crippen molar-refractivity contribution in [3.63, 3.8) is 0 Å². The number of thioether (sulfide) groups is 1. The summed E-state index contributed by atoms with van der Waals surface area (Å²) in [5, 5.41) is 5.31. The van der Waals surface area contributed by atoms with Crippen LogP contribution in [0, 0.1) is 0 Å². The lowest BCUT2D eigenvalue weighted by molar-refractivity contribution is -0.125. The molecule has 1 heterocycles. The SMILES string of the molecule is CCSCCC(=O)Nc1cccc(CN2C(=O)CNC2=O)c1. The molecule has 0 aliphatic carbocycles. The Morgan fingerprint density at radius 3 is 2.91 bits per heavy atom. The molecule has 1 fully saturated rings. The first-order valence-corrected chi connectivity index (χ1v) is 8.30. The highest BCUT2D eigenvalue weighted by Gasteiger charge is 2.28. The van der Waals surface area contributed by atoms with Crippen molar-refractivity contribution in [3.05, 3.63) is 29.8 Å². The van der Waals surface area contributed by atoms with Gasteiger partial charge in [0.25, 0.3) is 0 Å². The fraction of sp³-hybridized carbons (Fsp3) is 0.400. The van der Waals surface area contributed by atoms with E-state index in [9.17, 15) is 14.4 Å². The fourth-order valence-electron chi connectivity index (χ4n) is 2.08. The van der Waals surface area contributed by atoms with Crippen molar-refractivity contribution >= 4 is 35.3 Å². The zero-order chi connectivity index (χ0) is 15.9. The quantitative estimate of drug-likeness (QED) is 0.593. The van der Waals surface area contributed by atoms with E-state index in [1.165, 1.54) is 4.90 Å². The van der Waals surface area contributed by atoms with Gasteiger partial charge in [0.05, 0.1) is 13.1 Å². The predicted octanol–water partition coefficient (Wildman–Crippen LogP) is 1.82. The second-order valence-electron chi connectivity index (χ2n) is 4.83. The van der Waals surface area contributed by atoms with Gasteiger partial charge in [-0.15, -0.1) is 0 Å². The van der Waals surface area contributed by atoms with Gasteiger partial charge in [0.15, 0.2) is 0 Å². The maximum atomic E-state index is 11.8. The molecule has 22 heavy (non-hydrogen) atoms. The summed E-state index contributed by atoms with van der Waals surface area (Å²) in [5.74, 6) is 1.52. The Hall–Kier alpha value is -2.02. The molecule has 1 aromatic rings. The summed E-state index contributed by atoms with van der Waals surface area (Å²) in [4.78, 5) is 36.0. The molecule has 2 rings (SSSR count). The summed E-state index contributed by atoms with van der Waals surface area (Å²) in [6, 6.07) is 6.81. The van der Waals surface area contributed by atoms with E-state index < -0.39 is 0 Å². The van der Waals surface area contributed by atoms with E-state index in [2.05, 4.69) is 17.6 Å². The smallest absolute Gasteiger partial charge is 0.324 e. The molecule has 7 heteroatoms. The van der Waals surface area contributed by atoms with Crippen LogP contribution < -0.4 is 10.6 Å². The molecular formula is C15H19N3O3S. The molecule has 0 unspecified atom stereocenters. The number of anilines is 1. The number of urea groups is 1. The standard InChI is InChI=1S/C15H19N3O3S/c1-2-22-7-6-13(19)17-12-5-3-4-11(8-12)10-18-14(20)9-16-15(18)21/h3-5,8H,2,6-7,9-10H2,1H3,(H,16,21)(H,17,19). The van der Waals surface area contributed by atoms with E-state index in [0.717, 1.165) is 17.1 Å². The van der Waals surface area contributed by atoms with Crippen molar-refractivity contribution in [3.8, 4) is 0 Å². The highest BCUT2D eigenvalue weighted by molar-refractivity contribution is 7.99. The third kappa shape index (κ3) is 4.49. The molecule has 1 saturated heterocycles. The molecule has 0 bridgehead atoms. The number of carbonyl (C=O) groups excluding carboxylic acids is 3. The summed E-state index contributed by atoms with van der Waals surface area (Å²) < 4.78 is 0. The van der Waals surface area contributed by atoms with Crippen LogP contribution in [0.1, 0.15) is 18.9 Å². The molecule has 1 aliphatic heterocycles. The summed E-state index contributed by atoms with van der Waals surface area (Å²) in [5.41, 5.74) is 1.47. The molecule has 0 saturated carbocycles. The van der Waals surface area contributed by atoms with Gasteiger partial charge in [-0.05, 0) is 23.4 Å². The number of carbonyl (C=O) groups is 3. The zero-order valence-electron chi connectivity index (χ0n) is 12.4. The molecule has 1 aromatic carbocycles. The van der Waals surface area contributed by atoms with Crippen molar-refractivity contribution in [2.24, 2.45) is 0 Å². The summed E-state index contributed by atoms with van der Waals surface area (Å²) in [6.07, 6.45) is 0.468. The highest BCUT2D eigenvalue weighted by Crippen LogP contribution is 2.15. The minimum absolute atomic E-state index is 0.0342. The second-order valence-corrected chi connectivity index (χ2v) is 6.23. The number of nitrogens with zero attached hydrogens (tertiary/aromatic N) is 1. The molecule has 2 N–H and O–H groups in total. The van der Waals surface area contributed by atoms with Crippen LogP contribution in [0.25, 0.3) is 0 Å². The van der Waals surface area contributed by atoms with Gasteiger partial charge in [0, 0.05) is 17.9 Å². The van der Waals surface area contributed by atoms with Gasteiger partial charge in [-0.1, -0.05) is 19.1 Å². The summed E-state index contributed by atoms with van der Waals surface area (Å²) >= 11 is 1.72. The predicted molar refractivity (Wildman–Crippen MR) is 86.6 cm³/mol. The number of hydrogen-bond acceptors (Lipinski definition) is 4. The number of benzene rings is 1. The minimum Gasteiger partial charge on any atom is -0.329 e. The largest absolute Gasteiger partial charge is 0.329 e. The molecule has 0 spiro atoms. The molecule has 0 radical (unpaired) electrons. The maximum Gasteiger partial charge on any atom is 0.324 e. The van der Waals surface area contributed by atoms with E-state index in [4.69, 9.17) is 0 Å². The van der Waals surface area contributed by atoms with Crippen molar-refractivity contribution in [2.75, 3.05) is 23.4 Å². The van der Waals surface area contributed by atoms with Gasteiger partial charge in [0.2, 0.25) is 11.8 Å². The zero-order valence-corrected chi connectivity index (χ0v) is 13.2. The van der Waals surface area contributed by atoms with E-state index in [1.54, 1.807) is 30.0 Å². The lowest BCUT2D eigenvalue weighted by Crippen LogP contribution is -2.30. The number of nitrogens with one attached hydrogen (secondary N) is 2. The van der Waals surface area contributed by atoms with Gasteiger partial charge >= 0.3 is 6.03 Å². The van der Waals surface area contributed by atoms with Crippen LogP contribution in [0.15, 0.2) is 24.3 Å². The van der Waals surface area contributed by atoms with Gasteiger partial charge < -0.3 is 10.6 Å². The van der Waals surface area contributed by atoms with Crippen LogP contribution in [0.4, 0.5) is 10.5 Å². The third-order valence-corrected chi connectivity index (χ3v) is 4.07. The summed E-state index contributed by atoms with van der Waals surface area (Å²) in [6.45, 7) is 2.31. The molecule has 4 amide bonds. The average Bonchev–Trinajstić information content (AvgIpc) is 2.80. The summed E-state index contributed by atoms with van der Waals surface area (Å²) in [7, 11) is 0. The number of rotatable bonds is 7. The lowest BCUT2D eigenvalue weighted by atomic mass is 10.2. The average molecular weight is 321 g/mol. The van der Waals surface area contributed by atoms with E-state index in [1.807, 2.05) is 6.07 Å². The van der Waals surface area contributed by atoms with Crippen molar-refractivity contribution in [2.45, 2.75) is 19.9 Å². The molecule has 6 nitrogen and oxygen atoms in total. The molecule has 0 atom stereocenters. The van der Waals surface area contributed by atoms with E-state index >= 15 is 0 Å². The molecule has 0 aromatic heterocycles. The Bertz CT molecular complexity index is 561. The molecular weight excluding hydrogens is 302 g/mol. The van der Waals surface area contributed by atoms with Crippen LogP contribution in [0.5, 0.6) is 0 Å². The van der Waals surface area contributed by atoms with Crippen LogP contribution in [-0.2, 0) is 16.1 Å². The Kier molecular flexibility index (Phi) is 5.83. The van der Waals surface area contributed by atoms with Crippen molar-refractivity contribution in [1.82, 2.24) is 10.2 Å². The highest BCUT2D eigenvalue weighted by atomic mass is 32.2. The Morgan fingerprint density at radius 2 is 2.23 bits per heavy atom. The topological polar surface area (TPSA) is 78.5 Å². The van der Waals surface area contributed by atoms with Gasteiger partial charge in [-0.3, -0.25) is 14.5 Å². The third-order valence-electron chi connectivity index (χ3n) is 3.17. The van der Waals surface area contributed by atoms with Gasteiger partial charge in [-0.2, -0.15) is 11.8 Å². The normalized spacial score (nSPS) is 14.1. The fourth-order valence-corrected chi connectivity index (χ4v) is 2.70. The monoisotopic (exact) mass is 321 g/mol. The minimum atomic E-state index is -0.379. The number of imide groups is 1. The first-order valence-electron chi connectivity index (χ1n) is 7.15. The van der Waals surface area contributed by atoms with Gasteiger partial charge in [0.1, 0.15) is 0 Å². The first kappa shape index (κ1) is 16.4. The first-order chi connectivity index (χ1) is 10.6. The number of amides is 4. The van der Waals surface area contributed by atoms with Gasteiger partial charge in [-0.25, -0.2) is 4.79 Å². The Labute approximate surface area is 133 Å². The van der Waals surface area contributed by atoms with Crippen molar-refractivity contribution in [1.29, 1.82) is 0 Å². The second kappa shape index (κ2) is 7.84. The van der Waals surface area contributed by atoms with E-state index in [-0.39, 0.29) is 30.9 Å². The van der Waals surface area contributed by atoms with E-state index in [0.29, 0.717) is 12.1 Å². The number of hydrogen-bond donors (Lipinski definition) is 2. The Morgan fingerprint density at radius 1 is 1.41 bits per heavy atom. The van der Waals surface area contributed by atoms with Crippen LogP contribution in [0.2, 0.25) is 0 Å². The maximum absolute atomic E-state index is 11.8. The van der Waals surface area contributed by atoms with Crippen LogP contribution in [0.3, 0.4) is 0 Å². The van der Waals surface area contributed by atoms with Crippen molar-refractivity contribution < 1.29 is 14.4 Å². The Balaban J connectivity index is 1.93. The molecule has 118 valence electrons.